The van der Waals surface area contributed by atoms with Crippen molar-refractivity contribution in [3.05, 3.63) is 12.1 Å². The van der Waals surface area contributed by atoms with E-state index in [2.05, 4.69) is 18.8 Å². The van der Waals surface area contributed by atoms with Crippen LogP contribution in [-0.2, 0) is 0 Å². The summed E-state index contributed by atoms with van der Waals surface area (Å²) in [5.41, 5.74) is 6.06. The number of pyridine rings is 1. The molecule has 1 unspecified atom stereocenters. The average molecular weight is 266 g/mol. The molecule has 0 aliphatic heterocycles. The first-order valence-electron chi connectivity index (χ1n) is 6.90. The lowest BCUT2D eigenvalue weighted by atomic mass is 10.1. The second-order valence-electron chi connectivity index (χ2n) is 5.96. The van der Waals surface area contributed by atoms with E-state index in [1.54, 1.807) is 12.1 Å². The summed E-state index contributed by atoms with van der Waals surface area (Å²) >= 11 is 0. The van der Waals surface area contributed by atoms with Gasteiger partial charge in [-0.05, 0) is 39.2 Å². The Morgan fingerprint density at radius 2 is 2.00 bits per heavy atom. The molecule has 1 atom stereocenters. The molecule has 2 N–H and O–H groups in total. The summed E-state index contributed by atoms with van der Waals surface area (Å²) in [5.74, 6) is 1.53. The topological polar surface area (TPSA) is 57.4 Å². The van der Waals surface area contributed by atoms with Crippen LogP contribution in [-0.4, -0.2) is 17.2 Å². The maximum Gasteiger partial charge on any atom is 0.241 e. The molecule has 1 heterocycles. The van der Waals surface area contributed by atoms with Crippen molar-refractivity contribution in [1.29, 1.82) is 0 Å². The molecular formula is C15H26N2O2. The Morgan fingerprint density at radius 3 is 2.58 bits per heavy atom. The normalized spacial score (nSPS) is 13.1. The van der Waals surface area contributed by atoms with Crippen LogP contribution in [0.3, 0.4) is 0 Å². The molecular weight excluding hydrogens is 240 g/mol. The number of hydrogen-bond acceptors (Lipinski definition) is 4. The minimum atomic E-state index is -0.324. The van der Waals surface area contributed by atoms with Crippen molar-refractivity contribution in [2.45, 2.75) is 53.1 Å². The first-order chi connectivity index (χ1) is 8.81. The molecule has 4 nitrogen and oxygen atoms in total. The summed E-state index contributed by atoms with van der Waals surface area (Å²) in [6.45, 7) is 10.9. The van der Waals surface area contributed by atoms with Crippen LogP contribution in [0.15, 0.2) is 12.1 Å². The molecule has 0 saturated carbocycles. The van der Waals surface area contributed by atoms with E-state index in [9.17, 15) is 0 Å². The maximum atomic E-state index is 5.86. The standard InChI is InChI=1S/C15H26N2O2/c1-6-7-11(2)10-18-13-9-8-12(16)14(17-13)19-15(3,4)5/h8-9,11H,6-7,10,16H2,1-5H3. The molecule has 0 spiro atoms. The van der Waals surface area contributed by atoms with Crippen molar-refractivity contribution in [3.8, 4) is 11.8 Å². The molecule has 1 rings (SSSR count). The summed E-state index contributed by atoms with van der Waals surface area (Å²) < 4.78 is 11.4. The van der Waals surface area contributed by atoms with Crippen LogP contribution in [0.4, 0.5) is 5.69 Å². The number of ether oxygens (including phenoxy) is 2. The molecule has 0 aliphatic carbocycles. The highest BCUT2D eigenvalue weighted by molar-refractivity contribution is 5.49. The van der Waals surface area contributed by atoms with Gasteiger partial charge < -0.3 is 15.2 Å². The van der Waals surface area contributed by atoms with Crippen molar-refractivity contribution in [1.82, 2.24) is 4.98 Å². The zero-order valence-corrected chi connectivity index (χ0v) is 12.7. The summed E-state index contributed by atoms with van der Waals surface area (Å²) in [7, 11) is 0. The van der Waals surface area contributed by atoms with Crippen LogP contribution in [0.2, 0.25) is 0 Å². The van der Waals surface area contributed by atoms with Gasteiger partial charge in [0, 0.05) is 6.07 Å². The fourth-order valence-electron chi connectivity index (χ4n) is 1.69. The Kier molecular flexibility index (Phi) is 5.45. The van der Waals surface area contributed by atoms with Gasteiger partial charge in [0.05, 0.1) is 12.3 Å². The smallest absolute Gasteiger partial charge is 0.241 e. The van der Waals surface area contributed by atoms with Gasteiger partial charge in [-0.1, -0.05) is 20.3 Å². The largest absolute Gasteiger partial charge is 0.477 e. The second kappa shape index (κ2) is 6.64. The Balaban J connectivity index is 2.68. The van der Waals surface area contributed by atoms with Gasteiger partial charge in [0.25, 0.3) is 0 Å². The van der Waals surface area contributed by atoms with Crippen molar-refractivity contribution < 1.29 is 9.47 Å². The molecule has 108 valence electrons. The van der Waals surface area contributed by atoms with Crippen LogP contribution in [0.1, 0.15) is 47.5 Å². The van der Waals surface area contributed by atoms with Crippen LogP contribution in [0.25, 0.3) is 0 Å². The highest BCUT2D eigenvalue weighted by Crippen LogP contribution is 2.26. The number of nitrogen functional groups attached to an aromatic ring is 1. The Labute approximate surface area is 116 Å². The van der Waals surface area contributed by atoms with E-state index in [4.69, 9.17) is 15.2 Å². The van der Waals surface area contributed by atoms with Crippen LogP contribution >= 0.6 is 0 Å². The van der Waals surface area contributed by atoms with Crippen molar-refractivity contribution >= 4 is 5.69 Å². The average Bonchev–Trinajstić information content (AvgIpc) is 2.29. The predicted octanol–water partition coefficient (Wildman–Crippen LogP) is 3.66. The molecule has 0 radical (unpaired) electrons. The van der Waals surface area contributed by atoms with Gasteiger partial charge in [0.15, 0.2) is 0 Å². The van der Waals surface area contributed by atoms with E-state index >= 15 is 0 Å². The van der Waals surface area contributed by atoms with E-state index in [1.165, 1.54) is 0 Å². The third kappa shape index (κ3) is 5.81. The Hall–Kier alpha value is -1.45. The number of hydrogen-bond donors (Lipinski definition) is 1. The summed E-state index contributed by atoms with van der Waals surface area (Å²) in [6, 6.07) is 3.55. The summed E-state index contributed by atoms with van der Waals surface area (Å²) in [6.07, 6.45) is 2.32. The third-order valence-corrected chi connectivity index (χ3v) is 2.56. The zero-order valence-electron chi connectivity index (χ0n) is 12.7. The van der Waals surface area contributed by atoms with E-state index in [0.717, 1.165) is 12.8 Å². The third-order valence-electron chi connectivity index (χ3n) is 2.56. The molecule has 4 heteroatoms. The first-order valence-corrected chi connectivity index (χ1v) is 6.90. The lowest BCUT2D eigenvalue weighted by Gasteiger charge is -2.21. The van der Waals surface area contributed by atoms with Gasteiger partial charge in [-0.3, -0.25) is 0 Å². The predicted molar refractivity (Wildman–Crippen MR) is 78.6 cm³/mol. The number of nitrogens with two attached hydrogens (primary N) is 1. The van der Waals surface area contributed by atoms with Gasteiger partial charge in [0.1, 0.15) is 5.60 Å². The van der Waals surface area contributed by atoms with Gasteiger partial charge in [-0.25, -0.2) is 0 Å². The number of nitrogens with zero attached hydrogens (tertiary/aromatic N) is 1. The van der Waals surface area contributed by atoms with Crippen LogP contribution in [0, 0.1) is 5.92 Å². The van der Waals surface area contributed by atoms with E-state index in [-0.39, 0.29) is 5.60 Å². The Bertz CT molecular complexity index is 400. The summed E-state index contributed by atoms with van der Waals surface area (Å²) in [5, 5.41) is 0. The van der Waals surface area contributed by atoms with Crippen molar-refractivity contribution in [2.75, 3.05) is 12.3 Å². The van der Waals surface area contributed by atoms with Crippen molar-refractivity contribution in [2.24, 2.45) is 5.92 Å². The van der Waals surface area contributed by atoms with Crippen LogP contribution < -0.4 is 15.2 Å². The molecule has 1 aromatic heterocycles. The van der Waals surface area contributed by atoms with E-state index in [1.807, 2.05) is 20.8 Å². The lowest BCUT2D eigenvalue weighted by Crippen LogP contribution is -2.24. The second-order valence-corrected chi connectivity index (χ2v) is 5.96. The zero-order chi connectivity index (χ0) is 14.5. The molecule has 0 saturated heterocycles. The van der Waals surface area contributed by atoms with Crippen molar-refractivity contribution in [3.63, 3.8) is 0 Å². The minimum absolute atomic E-state index is 0.324. The van der Waals surface area contributed by atoms with E-state index in [0.29, 0.717) is 30.0 Å². The maximum absolute atomic E-state index is 5.86. The van der Waals surface area contributed by atoms with Gasteiger partial charge in [0.2, 0.25) is 11.8 Å². The first kappa shape index (κ1) is 15.6. The SMILES string of the molecule is CCCC(C)COc1ccc(N)c(OC(C)(C)C)n1. The molecule has 0 bridgehead atoms. The molecule has 0 amide bonds. The number of rotatable bonds is 6. The molecule has 1 aromatic rings. The number of aromatic nitrogens is 1. The van der Waals surface area contributed by atoms with Gasteiger partial charge in [-0.15, -0.1) is 0 Å². The highest BCUT2D eigenvalue weighted by atomic mass is 16.5. The van der Waals surface area contributed by atoms with Gasteiger partial charge in [-0.2, -0.15) is 4.98 Å². The highest BCUT2D eigenvalue weighted by Gasteiger charge is 2.16. The Morgan fingerprint density at radius 1 is 1.32 bits per heavy atom. The number of anilines is 1. The van der Waals surface area contributed by atoms with Crippen LogP contribution in [0.5, 0.6) is 11.8 Å². The van der Waals surface area contributed by atoms with Gasteiger partial charge >= 0.3 is 0 Å². The fraction of sp³-hybridized carbons (Fsp3) is 0.667. The molecule has 19 heavy (non-hydrogen) atoms. The molecule has 0 fully saturated rings. The summed E-state index contributed by atoms with van der Waals surface area (Å²) in [4.78, 5) is 4.32. The molecule has 0 aromatic carbocycles. The molecule has 0 aliphatic rings. The minimum Gasteiger partial charge on any atom is -0.477 e. The quantitative estimate of drug-likeness (QED) is 0.853. The monoisotopic (exact) mass is 266 g/mol. The fourth-order valence-corrected chi connectivity index (χ4v) is 1.69. The lowest BCUT2D eigenvalue weighted by molar-refractivity contribution is 0.123. The van der Waals surface area contributed by atoms with E-state index < -0.39 is 0 Å².